The molecular weight excluding hydrogens is 283 g/mol. The van der Waals surface area contributed by atoms with Crippen molar-refractivity contribution in [2.45, 2.75) is 26.3 Å². The number of rotatable bonds is 4. The van der Waals surface area contributed by atoms with Gasteiger partial charge in [0, 0.05) is 22.0 Å². The fourth-order valence-corrected chi connectivity index (χ4v) is 2.12. The van der Waals surface area contributed by atoms with Gasteiger partial charge < -0.3 is 10.3 Å². The van der Waals surface area contributed by atoms with E-state index in [1.807, 2.05) is 6.92 Å². The van der Waals surface area contributed by atoms with E-state index < -0.39 is 17.6 Å². The average Bonchev–Trinajstić information content (AvgIpc) is 2.84. The molecule has 0 saturated heterocycles. The molecule has 112 valence electrons. The topological polar surface area (TPSA) is 69.1 Å². The van der Waals surface area contributed by atoms with Crippen LogP contribution in [0.2, 0.25) is 5.02 Å². The number of carbonyl (C=O) groups excluding carboxylic acids is 1. The predicted molar refractivity (Wildman–Crippen MR) is 79.6 cm³/mol. The van der Waals surface area contributed by atoms with Crippen molar-refractivity contribution in [3.05, 3.63) is 51.6 Å². The number of halogens is 2. The zero-order valence-electron chi connectivity index (χ0n) is 11.1. The van der Waals surface area contributed by atoms with Crippen LogP contribution in [0.5, 0.6) is 0 Å². The summed E-state index contributed by atoms with van der Waals surface area (Å²) in [6, 6.07) is 3.91. The molecule has 0 saturated carbocycles. The first-order valence-electron chi connectivity index (χ1n) is 6.17. The van der Waals surface area contributed by atoms with Crippen LogP contribution in [0.4, 0.5) is 4.39 Å². The maximum atomic E-state index is 14.5. The van der Waals surface area contributed by atoms with Crippen molar-refractivity contribution in [2.24, 2.45) is 5.73 Å². The van der Waals surface area contributed by atoms with Crippen molar-refractivity contribution in [2.75, 3.05) is 0 Å². The van der Waals surface area contributed by atoms with Crippen molar-refractivity contribution in [3.8, 4) is 0 Å². The van der Waals surface area contributed by atoms with Gasteiger partial charge in [-0.2, -0.15) is 0 Å². The molecule has 4 nitrogen and oxygen atoms in total. The van der Waals surface area contributed by atoms with Crippen LogP contribution < -0.4 is 5.73 Å². The number of aromatic nitrogens is 1. The molecule has 0 spiro atoms. The minimum absolute atomic E-state index is 0. The van der Waals surface area contributed by atoms with Gasteiger partial charge in [0.15, 0.2) is 5.69 Å². The number of ketones is 1. The first-order chi connectivity index (χ1) is 9.45. The zero-order valence-corrected chi connectivity index (χ0v) is 11.9. The van der Waals surface area contributed by atoms with Crippen LogP contribution in [0.3, 0.4) is 0 Å². The van der Waals surface area contributed by atoms with Gasteiger partial charge in [0.25, 0.3) is 0 Å². The van der Waals surface area contributed by atoms with E-state index in [9.17, 15) is 9.18 Å². The maximum Gasteiger partial charge on any atom is 0.219 e. The smallest absolute Gasteiger partial charge is 0.219 e. The third-order valence-corrected chi connectivity index (χ3v) is 3.36. The molecule has 1 heterocycles. The van der Waals surface area contributed by atoms with Crippen LogP contribution in [0, 0.1) is 12.7 Å². The summed E-state index contributed by atoms with van der Waals surface area (Å²) in [6.45, 7) is 3.48. The Hall–Kier alpha value is -1.72. The van der Waals surface area contributed by atoms with Gasteiger partial charge in [0.05, 0.1) is 10.6 Å². The van der Waals surface area contributed by atoms with E-state index in [0.717, 1.165) is 0 Å². The third kappa shape index (κ3) is 2.59. The summed E-state index contributed by atoms with van der Waals surface area (Å²) in [5, 5.41) is 3.62. The van der Waals surface area contributed by atoms with E-state index in [2.05, 4.69) is 5.16 Å². The molecule has 2 rings (SSSR count). The van der Waals surface area contributed by atoms with Crippen LogP contribution in [0.15, 0.2) is 22.7 Å². The fourth-order valence-electron chi connectivity index (χ4n) is 1.88. The third-order valence-electron chi connectivity index (χ3n) is 3.05. The molecule has 1 aromatic carbocycles. The lowest BCUT2D eigenvalue weighted by Gasteiger charge is -2.13. The van der Waals surface area contributed by atoms with E-state index >= 15 is 0 Å². The van der Waals surface area contributed by atoms with Gasteiger partial charge in [-0.3, -0.25) is 4.79 Å². The molecule has 1 aromatic heterocycles. The Morgan fingerprint density at radius 2 is 2.30 bits per heavy atom. The Morgan fingerprint density at radius 3 is 2.85 bits per heavy atom. The average molecular weight is 303 g/mol. The fraction of sp³-hybridized carbons (Fsp3) is 0.286. The van der Waals surface area contributed by atoms with Crippen LogP contribution in [0.1, 0.15) is 51.0 Å². The summed E-state index contributed by atoms with van der Waals surface area (Å²) in [5.74, 6) is -0.849. The molecule has 20 heavy (non-hydrogen) atoms. The zero-order chi connectivity index (χ0) is 14.9. The molecule has 0 unspecified atom stereocenters. The van der Waals surface area contributed by atoms with Gasteiger partial charge in [-0.25, -0.2) is 4.39 Å². The lowest BCUT2D eigenvalue weighted by atomic mass is 9.98. The highest BCUT2D eigenvalue weighted by molar-refractivity contribution is 6.34. The summed E-state index contributed by atoms with van der Waals surface area (Å²) >= 11 is 5.94. The van der Waals surface area contributed by atoms with Crippen LogP contribution in [0.25, 0.3) is 0 Å². The number of aryl methyl sites for hydroxylation is 1. The number of hydrogen-bond donors (Lipinski definition) is 1. The number of nitrogens with two attached hydrogens (primary N) is 1. The lowest BCUT2D eigenvalue weighted by molar-refractivity contribution is 0.102. The van der Waals surface area contributed by atoms with Gasteiger partial charge in [-0.05, 0) is 19.4 Å². The minimum Gasteiger partial charge on any atom is -0.361 e. The summed E-state index contributed by atoms with van der Waals surface area (Å²) < 4.78 is 19.3. The normalized spacial score (nSPS) is 12.4. The second kappa shape index (κ2) is 5.73. The Bertz CT molecular complexity index is 667. The SMILES string of the molecule is CC[C@@H](N)c1ccc(Cl)c(C(=O)c2cc(C)on2)c1F.[HH].[HH].[HH]. The van der Waals surface area contributed by atoms with E-state index in [1.165, 1.54) is 18.2 Å². The first-order valence-corrected chi connectivity index (χ1v) is 6.55. The molecule has 0 bridgehead atoms. The van der Waals surface area contributed by atoms with Crippen molar-refractivity contribution in [1.29, 1.82) is 0 Å². The summed E-state index contributed by atoms with van der Waals surface area (Å²) in [4.78, 5) is 12.3. The predicted octanol–water partition coefficient (Wildman–Crippen LogP) is 4.15. The quantitative estimate of drug-likeness (QED) is 0.861. The number of carbonyl (C=O) groups is 1. The molecule has 0 aliphatic heterocycles. The standard InChI is InChI=1S/C14H14ClFN2O2.3H2/c1-3-10(17)8-4-5-9(15)12(13(8)16)14(19)11-6-7(2)20-18-11;;;/h4-6,10H,3,17H2,1-2H3;3*1H/t10-;;;/m1.../s1. The molecule has 0 aliphatic rings. The molecule has 2 aromatic rings. The first kappa shape index (κ1) is 14.7. The Labute approximate surface area is 125 Å². The van der Waals surface area contributed by atoms with Crippen molar-refractivity contribution < 1.29 is 18.0 Å². The number of nitrogens with zero attached hydrogens (tertiary/aromatic N) is 1. The number of benzene rings is 1. The summed E-state index contributed by atoms with van der Waals surface area (Å²) in [6.07, 6.45) is 0.551. The largest absolute Gasteiger partial charge is 0.361 e. The van der Waals surface area contributed by atoms with E-state index in [-0.39, 0.29) is 26.1 Å². The highest BCUT2D eigenvalue weighted by Crippen LogP contribution is 2.28. The van der Waals surface area contributed by atoms with Gasteiger partial charge in [-0.1, -0.05) is 29.7 Å². The van der Waals surface area contributed by atoms with Crippen LogP contribution >= 0.6 is 11.6 Å². The lowest BCUT2D eigenvalue weighted by Crippen LogP contribution is -2.14. The van der Waals surface area contributed by atoms with Crippen LogP contribution in [-0.4, -0.2) is 10.9 Å². The maximum absolute atomic E-state index is 14.5. The monoisotopic (exact) mass is 302 g/mol. The van der Waals surface area contributed by atoms with Crippen molar-refractivity contribution >= 4 is 17.4 Å². The highest BCUT2D eigenvalue weighted by Gasteiger charge is 2.24. The van der Waals surface area contributed by atoms with Gasteiger partial charge in [-0.15, -0.1) is 0 Å². The molecule has 0 aliphatic carbocycles. The Balaban J connectivity index is 0. The number of hydrogen-bond acceptors (Lipinski definition) is 4. The molecule has 6 heteroatoms. The second-order valence-electron chi connectivity index (χ2n) is 4.49. The molecule has 0 amide bonds. The molecule has 0 fully saturated rings. The molecule has 2 N–H and O–H groups in total. The van der Waals surface area contributed by atoms with Crippen LogP contribution in [-0.2, 0) is 0 Å². The summed E-state index contributed by atoms with van der Waals surface area (Å²) in [7, 11) is 0. The molecular formula is C14H20ClFN2O2. The van der Waals surface area contributed by atoms with E-state index in [1.54, 1.807) is 6.92 Å². The second-order valence-corrected chi connectivity index (χ2v) is 4.90. The summed E-state index contributed by atoms with van der Waals surface area (Å²) in [5.41, 5.74) is 5.89. The highest BCUT2D eigenvalue weighted by atomic mass is 35.5. The van der Waals surface area contributed by atoms with Gasteiger partial charge >= 0.3 is 0 Å². The Kier molecular flexibility index (Phi) is 4.20. The molecule has 1 atom stereocenters. The van der Waals surface area contributed by atoms with Crippen molar-refractivity contribution in [3.63, 3.8) is 0 Å². The van der Waals surface area contributed by atoms with Gasteiger partial charge in [0.1, 0.15) is 11.6 Å². The minimum atomic E-state index is -0.697. The van der Waals surface area contributed by atoms with Crippen molar-refractivity contribution in [1.82, 2.24) is 5.16 Å². The Morgan fingerprint density at radius 1 is 1.60 bits per heavy atom. The van der Waals surface area contributed by atoms with E-state index in [4.69, 9.17) is 21.9 Å². The van der Waals surface area contributed by atoms with E-state index in [0.29, 0.717) is 12.2 Å². The van der Waals surface area contributed by atoms with Gasteiger partial charge in [0.2, 0.25) is 5.78 Å². The molecule has 0 radical (unpaired) electrons.